The lowest BCUT2D eigenvalue weighted by Crippen LogP contribution is -2.30. The van der Waals surface area contributed by atoms with E-state index in [-0.39, 0.29) is 17.4 Å². The summed E-state index contributed by atoms with van der Waals surface area (Å²) >= 11 is 1.36. The van der Waals surface area contributed by atoms with Crippen LogP contribution in [0.15, 0.2) is 144 Å². The zero-order valence-electron chi connectivity index (χ0n) is 24.8. The zero-order valence-corrected chi connectivity index (χ0v) is 25.7. The molecular weight excluding hydrogens is 596 g/mol. The summed E-state index contributed by atoms with van der Waals surface area (Å²) in [6, 6.07) is 35.5. The van der Waals surface area contributed by atoms with Gasteiger partial charge < -0.3 is 16.0 Å². The summed E-state index contributed by atoms with van der Waals surface area (Å²) in [5, 5.41) is 7.94. The number of pyridine rings is 1. The lowest BCUT2D eigenvalue weighted by molar-refractivity contribution is -0.116. The summed E-state index contributed by atoms with van der Waals surface area (Å²) < 4.78 is 0. The SMILES string of the molecule is CC(=O)c1ccc(NC(=O)C(Sc2ccc(NC(=O)/C(=C/c3cccnc3)NC(=O)c3ccccc3)cc2)c2ccccc2)cc1. The molecule has 46 heavy (non-hydrogen) atoms. The second-order valence-corrected chi connectivity index (χ2v) is 11.4. The minimum absolute atomic E-state index is 0.0482. The van der Waals surface area contributed by atoms with Crippen molar-refractivity contribution in [1.82, 2.24) is 10.3 Å². The van der Waals surface area contributed by atoms with Crippen LogP contribution in [0, 0.1) is 0 Å². The monoisotopic (exact) mass is 626 g/mol. The maximum Gasteiger partial charge on any atom is 0.272 e. The lowest BCUT2D eigenvalue weighted by atomic mass is 10.1. The second-order valence-electron chi connectivity index (χ2n) is 10.2. The number of aromatic nitrogens is 1. The van der Waals surface area contributed by atoms with Crippen LogP contribution in [0.2, 0.25) is 0 Å². The third-order valence-corrected chi connectivity index (χ3v) is 8.06. The third-order valence-electron chi connectivity index (χ3n) is 6.79. The van der Waals surface area contributed by atoms with Crippen LogP contribution in [0.4, 0.5) is 11.4 Å². The largest absolute Gasteiger partial charge is 0.325 e. The first-order valence-corrected chi connectivity index (χ1v) is 15.3. The molecule has 1 heterocycles. The first kappa shape index (κ1) is 31.6. The number of thioether (sulfide) groups is 1. The number of hydrogen-bond acceptors (Lipinski definition) is 6. The Hall–Kier alpha value is -5.80. The molecule has 5 aromatic rings. The topological polar surface area (TPSA) is 117 Å². The van der Waals surface area contributed by atoms with Crippen molar-refractivity contribution in [3.63, 3.8) is 0 Å². The van der Waals surface area contributed by atoms with Gasteiger partial charge in [-0.25, -0.2) is 0 Å². The lowest BCUT2D eigenvalue weighted by Gasteiger charge is -2.18. The van der Waals surface area contributed by atoms with Crippen molar-refractivity contribution < 1.29 is 19.2 Å². The maximum atomic E-state index is 13.5. The number of carbonyl (C=O) groups is 4. The van der Waals surface area contributed by atoms with Crippen molar-refractivity contribution in [3.8, 4) is 0 Å². The predicted molar refractivity (Wildman–Crippen MR) is 181 cm³/mol. The molecule has 3 N–H and O–H groups in total. The van der Waals surface area contributed by atoms with Crippen LogP contribution >= 0.6 is 11.8 Å². The second kappa shape index (κ2) is 15.3. The van der Waals surface area contributed by atoms with Crippen molar-refractivity contribution in [3.05, 3.63) is 162 Å². The van der Waals surface area contributed by atoms with E-state index in [0.29, 0.717) is 28.1 Å². The molecule has 0 saturated carbocycles. The van der Waals surface area contributed by atoms with Gasteiger partial charge in [0.05, 0.1) is 0 Å². The Balaban J connectivity index is 1.30. The number of ketones is 1. The number of amides is 3. The zero-order chi connectivity index (χ0) is 32.3. The Kier molecular flexibility index (Phi) is 10.5. The van der Waals surface area contributed by atoms with Crippen molar-refractivity contribution in [2.24, 2.45) is 0 Å². The molecule has 1 atom stereocenters. The van der Waals surface area contributed by atoms with Crippen molar-refractivity contribution in [1.29, 1.82) is 0 Å². The summed E-state index contributed by atoms with van der Waals surface area (Å²) in [7, 11) is 0. The fourth-order valence-corrected chi connectivity index (χ4v) is 5.44. The summed E-state index contributed by atoms with van der Waals surface area (Å²) in [6.45, 7) is 1.49. The van der Waals surface area contributed by atoms with Crippen LogP contribution in [-0.4, -0.2) is 28.5 Å². The van der Waals surface area contributed by atoms with Gasteiger partial charge in [0.2, 0.25) is 5.91 Å². The predicted octanol–water partition coefficient (Wildman–Crippen LogP) is 7.17. The number of anilines is 2. The molecule has 3 amide bonds. The van der Waals surface area contributed by atoms with E-state index in [4.69, 9.17) is 0 Å². The number of Topliss-reactive ketones (excluding diaryl/α,β-unsaturated/α-hetero) is 1. The molecule has 0 saturated heterocycles. The van der Waals surface area contributed by atoms with Gasteiger partial charge in [-0.2, -0.15) is 0 Å². The number of nitrogens with one attached hydrogen (secondary N) is 3. The number of hydrogen-bond donors (Lipinski definition) is 3. The van der Waals surface area contributed by atoms with E-state index < -0.39 is 17.1 Å². The summed E-state index contributed by atoms with van der Waals surface area (Å²) in [4.78, 5) is 56.2. The Morgan fingerprint density at radius 3 is 1.96 bits per heavy atom. The normalized spacial score (nSPS) is 11.6. The van der Waals surface area contributed by atoms with Crippen LogP contribution < -0.4 is 16.0 Å². The Morgan fingerprint density at radius 1 is 0.696 bits per heavy atom. The van der Waals surface area contributed by atoms with Crippen LogP contribution in [0.5, 0.6) is 0 Å². The van der Waals surface area contributed by atoms with Gasteiger partial charge in [0, 0.05) is 39.8 Å². The van der Waals surface area contributed by atoms with Crippen molar-refractivity contribution in [2.45, 2.75) is 17.1 Å². The highest BCUT2D eigenvalue weighted by Crippen LogP contribution is 2.36. The minimum atomic E-state index is -0.573. The molecule has 8 nitrogen and oxygen atoms in total. The summed E-state index contributed by atoms with van der Waals surface area (Å²) in [5.41, 5.74) is 3.60. The first-order chi connectivity index (χ1) is 22.4. The fourth-order valence-electron chi connectivity index (χ4n) is 4.42. The molecule has 5 rings (SSSR count). The molecule has 0 fully saturated rings. The number of nitrogens with zero attached hydrogens (tertiary/aromatic N) is 1. The molecule has 0 radical (unpaired) electrons. The van der Waals surface area contributed by atoms with E-state index in [1.165, 1.54) is 18.7 Å². The smallest absolute Gasteiger partial charge is 0.272 e. The molecular formula is C37H30N4O4S. The van der Waals surface area contributed by atoms with Gasteiger partial charge in [-0.15, -0.1) is 11.8 Å². The maximum absolute atomic E-state index is 13.5. The molecule has 0 aliphatic carbocycles. The van der Waals surface area contributed by atoms with Gasteiger partial charge >= 0.3 is 0 Å². The van der Waals surface area contributed by atoms with Gasteiger partial charge in [0.1, 0.15) is 10.9 Å². The molecule has 4 aromatic carbocycles. The van der Waals surface area contributed by atoms with Crippen LogP contribution in [0.25, 0.3) is 6.08 Å². The van der Waals surface area contributed by atoms with Gasteiger partial charge in [0.25, 0.3) is 11.8 Å². The standard InChI is InChI=1S/C37H30N4O4S/c1-25(42)27-14-16-30(17-15-27)40-37(45)34(28-10-4-2-5-11-28)46-32-20-18-31(19-21-32)39-36(44)33(23-26-9-8-22-38-24-26)41-35(43)29-12-6-3-7-13-29/h2-24,34H,1H3,(H,39,44)(H,40,45)(H,41,43)/b33-23-. The fraction of sp³-hybridized carbons (Fsp3) is 0.0541. The Morgan fingerprint density at radius 2 is 1.33 bits per heavy atom. The molecule has 0 aliphatic heterocycles. The third kappa shape index (κ3) is 8.64. The van der Waals surface area contributed by atoms with Gasteiger partial charge in [-0.1, -0.05) is 54.6 Å². The highest BCUT2D eigenvalue weighted by atomic mass is 32.2. The minimum Gasteiger partial charge on any atom is -0.325 e. The molecule has 0 bridgehead atoms. The summed E-state index contributed by atoms with van der Waals surface area (Å²) in [6.07, 6.45) is 4.77. The highest BCUT2D eigenvalue weighted by Gasteiger charge is 2.23. The van der Waals surface area contributed by atoms with Gasteiger partial charge in [0.15, 0.2) is 5.78 Å². The first-order valence-electron chi connectivity index (χ1n) is 14.4. The molecule has 1 unspecified atom stereocenters. The molecule has 0 spiro atoms. The van der Waals surface area contributed by atoms with E-state index >= 15 is 0 Å². The van der Waals surface area contributed by atoms with Crippen LogP contribution in [-0.2, 0) is 9.59 Å². The van der Waals surface area contributed by atoms with E-state index in [9.17, 15) is 19.2 Å². The van der Waals surface area contributed by atoms with Crippen molar-refractivity contribution in [2.75, 3.05) is 10.6 Å². The quantitative estimate of drug-likeness (QED) is 0.0813. The molecule has 228 valence electrons. The van der Waals surface area contributed by atoms with Crippen LogP contribution in [0.1, 0.15) is 44.0 Å². The molecule has 0 aliphatic rings. The van der Waals surface area contributed by atoms with E-state index in [1.807, 2.05) is 48.5 Å². The van der Waals surface area contributed by atoms with Gasteiger partial charge in [-0.05, 0) is 90.9 Å². The number of benzene rings is 4. The molecule has 9 heteroatoms. The van der Waals surface area contributed by atoms with E-state index in [1.54, 1.807) is 91.3 Å². The summed E-state index contributed by atoms with van der Waals surface area (Å²) in [5.74, 6) is -1.19. The van der Waals surface area contributed by atoms with E-state index in [0.717, 1.165) is 10.5 Å². The van der Waals surface area contributed by atoms with Crippen LogP contribution in [0.3, 0.4) is 0 Å². The Bertz CT molecular complexity index is 1850. The van der Waals surface area contributed by atoms with Gasteiger partial charge in [-0.3, -0.25) is 24.2 Å². The highest BCUT2D eigenvalue weighted by molar-refractivity contribution is 8.00. The number of carbonyl (C=O) groups excluding carboxylic acids is 4. The van der Waals surface area contributed by atoms with Crippen molar-refractivity contribution >= 4 is 52.7 Å². The average molecular weight is 627 g/mol. The number of rotatable bonds is 11. The molecule has 1 aromatic heterocycles. The Labute approximate surface area is 271 Å². The average Bonchev–Trinajstić information content (AvgIpc) is 3.09. The van der Waals surface area contributed by atoms with E-state index in [2.05, 4.69) is 20.9 Å².